The molecule has 18 heteroatoms. The van der Waals surface area contributed by atoms with Gasteiger partial charge in [-0.2, -0.15) is 0 Å². The van der Waals surface area contributed by atoms with Gasteiger partial charge in [0.25, 0.3) is 12.9 Å². The van der Waals surface area contributed by atoms with Gasteiger partial charge in [0, 0.05) is 48.1 Å². The van der Waals surface area contributed by atoms with Crippen molar-refractivity contribution in [3.63, 3.8) is 0 Å². The van der Waals surface area contributed by atoms with E-state index in [0.29, 0.717) is 78.2 Å². The number of aromatic nitrogens is 6. The number of hydrogen-bond donors (Lipinski definition) is 3. The van der Waals surface area contributed by atoms with Crippen molar-refractivity contribution < 1.29 is 36.2 Å². The number of aliphatic hydroxyl groups excluding tert-OH is 1. The molecule has 12 nitrogen and oxygen atoms in total. The maximum atomic E-state index is 14.6. The molecule has 2 fully saturated rings. The maximum Gasteiger partial charge on any atom is 0.266 e. The Balaban J connectivity index is 0.000000181. The van der Waals surface area contributed by atoms with Crippen LogP contribution in [0.25, 0.3) is 21.8 Å². The molecule has 2 aliphatic heterocycles. The fraction of sp³-hybridized carbons (Fsp3) is 0.381. The highest BCUT2D eigenvalue weighted by Crippen LogP contribution is 2.33. The number of nitrogens with zero attached hydrogens (tertiary/aromatic N) is 8. The number of aryl methyl sites for hydroxylation is 2. The summed E-state index contributed by atoms with van der Waals surface area (Å²) in [5.41, 5.74) is 0.319. The third-order valence-corrected chi connectivity index (χ3v) is 10.4. The molecule has 6 heterocycles. The van der Waals surface area contributed by atoms with E-state index in [2.05, 4.69) is 45.4 Å². The highest BCUT2D eigenvalue weighted by molar-refractivity contribution is 5.91. The van der Waals surface area contributed by atoms with Crippen LogP contribution < -0.4 is 20.4 Å². The van der Waals surface area contributed by atoms with Crippen LogP contribution in [0.4, 0.5) is 49.6 Å². The van der Waals surface area contributed by atoms with Crippen LogP contribution in [-0.4, -0.2) is 80.5 Å². The van der Waals surface area contributed by atoms with Gasteiger partial charge < -0.3 is 30.3 Å². The molecule has 6 aromatic rings. The Morgan fingerprint density at radius 2 is 1.12 bits per heavy atom. The van der Waals surface area contributed by atoms with Crippen LogP contribution in [0.2, 0.25) is 0 Å². The van der Waals surface area contributed by atoms with Gasteiger partial charge in [0.15, 0.2) is 0 Å². The van der Waals surface area contributed by atoms with E-state index in [1.807, 2.05) is 17.0 Å². The summed E-state index contributed by atoms with van der Waals surface area (Å²) in [7, 11) is 0. The van der Waals surface area contributed by atoms with Gasteiger partial charge in [-0.1, -0.05) is 36.4 Å². The summed E-state index contributed by atoms with van der Waals surface area (Å²) >= 11 is 0. The smallest absolute Gasteiger partial charge is 0.266 e. The van der Waals surface area contributed by atoms with Gasteiger partial charge in [-0.3, -0.25) is 0 Å². The third-order valence-electron chi connectivity index (χ3n) is 10.4. The molecule has 2 aromatic carbocycles. The summed E-state index contributed by atoms with van der Waals surface area (Å²) in [4.78, 5) is 30.8. The van der Waals surface area contributed by atoms with Crippen LogP contribution in [0.3, 0.4) is 0 Å². The Morgan fingerprint density at radius 1 is 0.667 bits per heavy atom. The van der Waals surface area contributed by atoms with Gasteiger partial charge in [-0.15, -0.1) is 0 Å². The summed E-state index contributed by atoms with van der Waals surface area (Å²) in [6.07, 6.45) is -2.16. The van der Waals surface area contributed by atoms with Crippen molar-refractivity contribution in [2.75, 3.05) is 59.8 Å². The van der Waals surface area contributed by atoms with Crippen molar-refractivity contribution >= 4 is 45.1 Å². The molecule has 0 aliphatic carbocycles. The van der Waals surface area contributed by atoms with Crippen molar-refractivity contribution in [2.24, 2.45) is 0 Å². The minimum atomic E-state index is -2.89. The van der Waals surface area contributed by atoms with Gasteiger partial charge in [0.2, 0.25) is 0 Å². The number of hydrogen-bond acceptors (Lipinski definition) is 12. The molecule has 60 heavy (non-hydrogen) atoms. The van der Waals surface area contributed by atoms with E-state index in [9.17, 15) is 31.4 Å². The SMILES string of the molecule is Cc1nc(NC(C)c2cccc(C(F)F)c2F)c2cc(N3CCOCC3)ncc2n1.Cc1nc(NC(C)c2cccc(C(F)F)c2F)c2cc(N3CC[C@@H](O)C3)ncc2n1. The molecule has 3 atom stereocenters. The van der Waals surface area contributed by atoms with Gasteiger partial charge in [-0.05, 0) is 46.2 Å². The number of nitrogens with one attached hydrogen (secondary N) is 2. The first kappa shape index (κ1) is 42.3. The van der Waals surface area contributed by atoms with Crippen molar-refractivity contribution in [3.8, 4) is 0 Å². The highest BCUT2D eigenvalue weighted by Gasteiger charge is 2.25. The molecule has 2 saturated heterocycles. The van der Waals surface area contributed by atoms with Gasteiger partial charge in [-0.25, -0.2) is 56.2 Å². The Labute approximate surface area is 342 Å². The van der Waals surface area contributed by atoms with E-state index < -0.39 is 47.7 Å². The van der Waals surface area contributed by atoms with E-state index in [-0.39, 0.29) is 17.2 Å². The van der Waals surface area contributed by atoms with Crippen LogP contribution in [-0.2, 0) is 4.74 Å². The first-order chi connectivity index (χ1) is 28.8. The second-order valence-corrected chi connectivity index (χ2v) is 14.7. The zero-order valence-corrected chi connectivity index (χ0v) is 33.3. The normalized spacial score (nSPS) is 16.6. The Kier molecular flexibility index (Phi) is 12.8. The van der Waals surface area contributed by atoms with E-state index in [1.165, 1.54) is 24.3 Å². The van der Waals surface area contributed by atoms with Crippen molar-refractivity contribution in [1.82, 2.24) is 29.9 Å². The fourth-order valence-electron chi connectivity index (χ4n) is 7.29. The quantitative estimate of drug-likeness (QED) is 0.114. The van der Waals surface area contributed by atoms with Crippen molar-refractivity contribution in [2.45, 2.75) is 65.2 Å². The number of β-amino-alcohol motifs (C(OH)–C–C–N with tert-alkyl or cyclic N) is 1. The van der Waals surface area contributed by atoms with Crippen LogP contribution in [0, 0.1) is 25.5 Å². The number of halogens is 6. The fourth-order valence-corrected chi connectivity index (χ4v) is 7.29. The zero-order valence-electron chi connectivity index (χ0n) is 33.3. The molecule has 0 saturated carbocycles. The molecule has 3 N–H and O–H groups in total. The molecular weight excluding hydrogens is 791 g/mol. The second-order valence-electron chi connectivity index (χ2n) is 14.7. The van der Waals surface area contributed by atoms with Gasteiger partial charge in [0.05, 0.1) is 66.0 Å². The van der Waals surface area contributed by atoms with E-state index in [4.69, 9.17) is 4.74 Å². The second kappa shape index (κ2) is 18.2. The summed E-state index contributed by atoms with van der Waals surface area (Å²) in [5.74, 6) is 1.64. The molecule has 316 valence electrons. The monoisotopic (exact) mass is 834 g/mol. The molecule has 2 unspecified atom stereocenters. The molecule has 4 aromatic heterocycles. The first-order valence-corrected chi connectivity index (χ1v) is 19.5. The lowest BCUT2D eigenvalue weighted by molar-refractivity contribution is 0.122. The number of anilines is 4. The molecular formula is C42H44F6N10O2. The lowest BCUT2D eigenvalue weighted by atomic mass is 10.0. The number of fused-ring (bicyclic) bond motifs is 2. The largest absolute Gasteiger partial charge is 0.391 e. The summed E-state index contributed by atoms with van der Waals surface area (Å²) in [6.45, 7) is 10.8. The summed E-state index contributed by atoms with van der Waals surface area (Å²) in [5, 5.41) is 17.5. The Morgan fingerprint density at radius 3 is 1.55 bits per heavy atom. The Hall–Kier alpha value is -5.88. The van der Waals surface area contributed by atoms with Crippen LogP contribution >= 0.6 is 0 Å². The minimum Gasteiger partial charge on any atom is -0.391 e. The minimum absolute atomic E-state index is 0.133. The number of rotatable bonds is 10. The number of aliphatic hydroxyl groups is 1. The molecule has 8 rings (SSSR count). The zero-order chi connectivity index (χ0) is 42.7. The van der Waals surface area contributed by atoms with Crippen molar-refractivity contribution in [1.29, 1.82) is 0 Å². The number of alkyl halides is 4. The number of ether oxygens (including phenoxy) is 1. The molecule has 0 bridgehead atoms. The molecule has 2 aliphatic rings. The van der Waals surface area contributed by atoms with E-state index in [1.54, 1.807) is 40.1 Å². The lowest BCUT2D eigenvalue weighted by Gasteiger charge is -2.28. The van der Waals surface area contributed by atoms with E-state index in [0.717, 1.165) is 36.4 Å². The van der Waals surface area contributed by atoms with Crippen LogP contribution in [0.15, 0.2) is 60.9 Å². The topological polar surface area (TPSA) is 137 Å². The number of pyridine rings is 2. The molecule has 0 amide bonds. The van der Waals surface area contributed by atoms with Crippen LogP contribution in [0.5, 0.6) is 0 Å². The predicted molar refractivity (Wildman–Crippen MR) is 217 cm³/mol. The lowest BCUT2D eigenvalue weighted by Crippen LogP contribution is -2.36. The molecule has 0 radical (unpaired) electrons. The van der Waals surface area contributed by atoms with Gasteiger partial charge >= 0.3 is 0 Å². The highest BCUT2D eigenvalue weighted by atomic mass is 19.3. The standard InChI is InChI=1S/2C21H22F3N5O/c1-12(14-4-3-5-15(19(14)22)20(23)24)26-21-16-10-18(29-6-8-30-9-7-29)25-11-17(16)27-13(2)28-21;1-11(14-4-3-5-15(19(14)22)20(23)24)26-21-16-8-18(29-7-6-13(30)10-29)25-9-17(16)27-12(2)28-21/h3-5,10-12,20H,6-9H2,1-2H3,(H,26,27,28);3-5,8-9,11,13,20,30H,6-7,10H2,1-2H3,(H,26,27,28)/t;11?,13-/m.1/s1. The summed E-state index contributed by atoms with van der Waals surface area (Å²) in [6, 6.07) is 10.5. The number of morpholine rings is 1. The van der Waals surface area contributed by atoms with E-state index >= 15 is 0 Å². The summed E-state index contributed by atoms with van der Waals surface area (Å²) < 4.78 is 86.9. The third kappa shape index (κ3) is 9.28. The maximum absolute atomic E-state index is 14.6. The van der Waals surface area contributed by atoms with Crippen LogP contribution in [0.1, 0.15) is 79.1 Å². The average Bonchev–Trinajstić information content (AvgIpc) is 3.67. The number of benzene rings is 2. The molecule has 0 spiro atoms. The first-order valence-electron chi connectivity index (χ1n) is 19.5. The van der Waals surface area contributed by atoms with Crippen molar-refractivity contribution in [3.05, 3.63) is 106 Å². The van der Waals surface area contributed by atoms with Gasteiger partial charge in [0.1, 0.15) is 46.6 Å². The average molecular weight is 835 g/mol. The Bertz CT molecular complexity index is 2320. The predicted octanol–water partition coefficient (Wildman–Crippen LogP) is 8.57.